The van der Waals surface area contributed by atoms with Crippen molar-refractivity contribution in [1.82, 2.24) is 23.2 Å². The van der Waals surface area contributed by atoms with Crippen molar-refractivity contribution in [3.8, 4) is 0 Å². The van der Waals surface area contributed by atoms with Crippen molar-refractivity contribution >= 4 is 82.9 Å². The molecule has 0 bridgehead atoms. The lowest BCUT2D eigenvalue weighted by Gasteiger charge is -2.00. The molecule has 5 aromatic carbocycles. The minimum Gasteiger partial charge on any atom is -0.456 e. The van der Waals surface area contributed by atoms with Gasteiger partial charge >= 0.3 is 0 Å². The molecule has 0 fully saturated rings. The zero-order chi connectivity index (χ0) is 23.1. The molecule has 36 heavy (non-hydrogen) atoms. The summed E-state index contributed by atoms with van der Waals surface area (Å²) in [5.41, 5.74) is 9.24. The molecule has 6 nitrogen and oxygen atoms in total. The lowest BCUT2D eigenvalue weighted by Crippen LogP contribution is -1.87. The Bertz CT molecular complexity index is 2540. The molecule has 0 aliphatic carbocycles. The number of hydrogen-bond donors (Lipinski definition) is 0. The molecule has 0 aliphatic heterocycles. The van der Waals surface area contributed by atoms with E-state index in [2.05, 4.69) is 86.0 Å². The van der Waals surface area contributed by atoms with Gasteiger partial charge in [0.1, 0.15) is 16.7 Å². The van der Waals surface area contributed by atoms with Gasteiger partial charge in [0.15, 0.2) is 0 Å². The van der Waals surface area contributed by atoms with Crippen LogP contribution in [0.1, 0.15) is 0 Å². The van der Waals surface area contributed by atoms with Crippen molar-refractivity contribution in [2.75, 3.05) is 0 Å². The smallest absolute Gasteiger partial charge is 0.223 e. The number of hydrogen-bond acceptors (Lipinski definition) is 3. The van der Waals surface area contributed by atoms with Crippen LogP contribution in [0.5, 0.6) is 0 Å². The molecule has 0 N–H and O–H groups in total. The third kappa shape index (κ3) is 1.80. The zero-order valence-corrected chi connectivity index (χ0v) is 18.8. The van der Waals surface area contributed by atoms with Gasteiger partial charge in [0.05, 0.1) is 38.5 Å². The van der Waals surface area contributed by atoms with Crippen molar-refractivity contribution in [3.05, 3.63) is 91.0 Å². The molecule has 0 amide bonds. The van der Waals surface area contributed by atoms with Crippen LogP contribution >= 0.6 is 0 Å². The summed E-state index contributed by atoms with van der Waals surface area (Å²) < 4.78 is 13.0. The van der Waals surface area contributed by atoms with Crippen LogP contribution in [0.15, 0.2) is 95.4 Å². The van der Waals surface area contributed by atoms with Gasteiger partial charge in [-0.15, -0.1) is 0 Å². The summed E-state index contributed by atoms with van der Waals surface area (Å²) in [4.78, 5) is 10.3. The number of furan rings is 1. The average molecular weight is 461 g/mol. The Morgan fingerprint density at radius 1 is 0.528 bits per heavy atom. The van der Waals surface area contributed by atoms with Crippen LogP contribution in [-0.4, -0.2) is 23.2 Å². The molecule has 0 unspecified atom stereocenters. The third-order valence-corrected chi connectivity index (χ3v) is 7.74. The van der Waals surface area contributed by atoms with E-state index in [0.717, 1.165) is 72.1 Å². The highest BCUT2D eigenvalue weighted by molar-refractivity contribution is 6.19. The second kappa shape index (κ2) is 5.58. The van der Waals surface area contributed by atoms with Gasteiger partial charge in [-0.25, -0.2) is 14.4 Å². The first-order valence-electron chi connectivity index (χ1n) is 12.0. The maximum absolute atomic E-state index is 6.20. The molecular weight excluding hydrogens is 446 g/mol. The van der Waals surface area contributed by atoms with E-state index in [0.29, 0.717) is 0 Å². The van der Waals surface area contributed by atoms with E-state index < -0.39 is 0 Å². The fraction of sp³-hybridized carbons (Fsp3) is 0. The summed E-state index contributed by atoms with van der Waals surface area (Å²) in [6, 6.07) is 31.7. The summed E-state index contributed by atoms with van der Waals surface area (Å²) in [6.07, 6.45) is 0. The van der Waals surface area contributed by atoms with Crippen molar-refractivity contribution in [3.63, 3.8) is 0 Å². The molecule has 0 spiro atoms. The molecule has 5 aromatic heterocycles. The van der Waals surface area contributed by atoms with E-state index in [1.165, 1.54) is 10.8 Å². The predicted molar refractivity (Wildman–Crippen MR) is 143 cm³/mol. The topological polar surface area (TPSA) is 52.2 Å². The van der Waals surface area contributed by atoms with Crippen molar-refractivity contribution in [2.45, 2.75) is 0 Å². The summed E-state index contributed by atoms with van der Waals surface area (Å²) in [7, 11) is 0. The minimum atomic E-state index is 0.865. The Morgan fingerprint density at radius 2 is 1.28 bits per heavy atom. The fourth-order valence-corrected chi connectivity index (χ4v) is 6.28. The average Bonchev–Trinajstić information content (AvgIpc) is 3.68. The molecule has 0 atom stereocenters. The lowest BCUT2D eigenvalue weighted by molar-refractivity contribution is 0.669. The van der Waals surface area contributed by atoms with Gasteiger partial charge < -0.3 is 4.42 Å². The Balaban J connectivity index is 1.49. The monoisotopic (exact) mass is 461 g/mol. The van der Waals surface area contributed by atoms with Gasteiger partial charge in [0.25, 0.3) is 0 Å². The maximum atomic E-state index is 6.20. The summed E-state index contributed by atoms with van der Waals surface area (Å²) in [6.45, 7) is 0. The van der Waals surface area contributed by atoms with Gasteiger partial charge in [0.2, 0.25) is 11.6 Å². The number of aromatic nitrogens is 5. The maximum Gasteiger partial charge on any atom is 0.223 e. The summed E-state index contributed by atoms with van der Waals surface area (Å²) in [5, 5.41) is 4.61. The van der Waals surface area contributed by atoms with Crippen LogP contribution < -0.4 is 0 Å². The summed E-state index contributed by atoms with van der Waals surface area (Å²) >= 11 is 0. The summed E-state index contributed by atoms with van der Waals surface area (Å²) in [5.74, 6) is 1.74. The molecule has 0 saturated carbocycles. The number of nitrogens with zero attached hydrogens (tertiary/aromatic N) is 5. The van der Waals surface area contributed by atoms with Gasteiger partial charge in [-0.1, -0.05) is 48.5 Å². The van der Waals surface area contributed by atoms with Crippen LogP contribution in [0.25, 0.3) is 82.9 Å². The molecule has 166 valence electrons. The molecule has 0 aliphatic rings. The normalized spacial score (nSPS) is 13.0. The fourth-order valence-electron chi connectivity index (χ4n) is 6.28. The van der Waals surface area contributed by atoms with E-state index in [1.54, 1.807) is 0 Å². The predicted octanol–water partition coefficient (Wildman–Crippen LogP) is 7.18. The first-order valence-corrected chi connectivity index (χ1v) is 12.0. The Kier molecular flexibility index (Phi) is 2.69. The van der Waals surface area contributed by atoms with Crippen molar-refractivity contribution < 1.29 is 4.42 Å². The second-order valence-corrected chi connectivity index (χ2v) is 9.57. The molecule has 6 heteroatoms. The van der Waals surface area contributed by atoms with Crippen molar-refractivity contribution in [1.29, 1.82) is 0 Å². The highest BCUT2D eigenvalue weighted by atomic mass is 16.3. The third-order valence-electron chi connectivity index (χ3n) is 7.74. The molecule has 10 rings (SSSR count). The highest BCUT2D eigenvalue weighted by Crippen LogP contribution is 2.39. The quantitative estimate of drug-likeness (QED) is 0.240. The van der Waals surface area contributed by atoms with Crippen LogP contribution in [0.2, 0.25) is 0 Å². The second-order valence-electron chi connectivity index (χ2n) is 9.57. The van der Waals surface area contributed by atoms with E-state index in [9.17, 15) is 0 Å². The van der Waals surface area contributed by atoms with Crippen LogP contribution in [0.4, 0.5) is 0 Å². The number of para-hydroxylation sites is 2. The molecular formula is C30H15N5O. The molecule has 5 heterocycles. The number of benzene rings is 5. The van der Waals surface area contributed by atoms with Gasteiger partial charge in [-0.3, -0.25) is 8.80 Å². The van der Waals surface area contributed by atoms with Crippen LogP contribution in [-0.2, 0) is 0 Å². The molecule has 0 saturated heterocycles. The SMILES string of the molecule is c1ccc2cc3c(cc2c1)nc1n3c2cccc3c2n1c1nc2ccc4oc5ccccc5c4c2n31. The zero-order valence-electron chi connectivity index (χ0n) is 18.8. The van der Waals surface area contributed by atoms with E-state index in [-0.39, 0.29) is 0 Å². The van der Waals surface area contributed by atoms with Gasteiger partial charge in [0, 0.05) is 5.39 Å². The lowest BCUT2D eigenvalue weighted by atomic mass is 10.1. The molecule has 0 radical (unpaired) electrons. The number of imidazole rings is 4. The minimum absolute atomic E-state index is 0.865. The molecule has 10 aromatic rings. The van der Waals surface area contributed by atoms with E-state index in [4.69, 9.17) is 14.4 Å². The standard InChI is InChI=1S/C30H15N5O/c1-2-7-17-15-23-20(14-16(17)6-1)32-29-33(23)21-9-5-10-22-28(21)35(29)30-31-19-12-13-25-26(27(19)34(22)30)18-8-3-4-11-24(18)36-25/h1-15H. The Labute approximate surface area is 201 Å². The first-order chi connectivity index (χ1) is 17.8. The van der Waals surface area contributed by atoms with Crippen molar-refractivity contribution in [2.24, 2.45) is 0 Å². The largest absolute Gasteiger partial charge is 0.456 e. The van der Waals surface area contributed by atoms with E-state index in [1.807, 2.05) is 18.2 Å². The van der Waals surface area contributed by atoms with Crippen LogP contribution in [0.3, 0.4) is 0 Å². The highest BCUT2D eigenvalue weighted by Gasteiger charge is 2.25. The number of rotatable bonds is 0. The van der Waals surface area contributed by atoms with Gasteiger partial charge in [-0.05, 0) is 53.2 Å². The van der Waals surface area contributed by atoms with Crippen LogP contribution in [0, 0.1) is 0 Å². The van der Waals surface area contributed by atoms with Gasteiger partial charge in [-0.2, -0.15) is 0 Å². The van der Waals surface area contributed by atoms with E-state index >= 15 is 0 Å². The number of fused-ring (bicyclic) bond motifs is 15. The Hall–Kier alpha value is -5.10. The Morgan fingerprint density at radius 3 is 2.19 bits per heavy atom. The first kappa shape index (κ1) is 17.4.